The second-order valence-corrected chi connectivity index (χ2v) is 7.34. The molecule has 0 aliphatic rings. The van der Waals surface area contributed by atoms with Gasteiger partial charge in [-0.05, 0) is 54.4 Å². The zero-order valence-corrected chi connectivity index (χ0v) is 16.7. The Balaban J connectivity index is 1.72. The molecule has 1 aromatic heterocycles. The first-order valence-corrected chi connectivity index (χ1v) is 9.74. The van der Waals surface area contributed by atoms with Crippen LogP contribution < -0.4 is 0 Å². The zero-order valence-electron chi connectivity index (χ0n) is 16.7. The Morgan fingerprint density at radius 2 is 1.84 bits per heavy atom. The van der Waals surface area contributed by atoms with Gasteiger partial charge in [0, 0.05) is 17.5 Å². The summed E-state index contributed by atoms with van der Waals surface area (Å²) in [5.41, 5.74) is 2.82. The van der Waals surface area contributed by atoms with E-state index in [1.807, 2.05) is 13.0 Å². The SMILES string of the molecule is CC(c1ccc(F)cc1)N(Cc1cccc(C(=O)O)c1)C(=O)c1ccc2cn[nH]c2c1. The van der Waals surface area contributed by atoms with Crippen LogP contribution in [0.15, 0.2) is 72.9 Å². The molecular weight excluding hydrogens is 397 g/mol. The van der Waals surface area contributed by atoms with Gasteiger partial charge in [0.15, 0.2) is 0 Å². The summed E-state index contributed by atoms with van der Waals surface area (Å²) in [5.74, 6) is -1.61. The Bertz CT molecular complexity index is 1250. The van der Waals surface area contributed by atoms with Crippen molar-refractivity contribution in [3.63, 3.8) is 0 Å². The van der Waals surface area contributed by atoms with E-state index in [4.69, 9.17) is 0 Å². The van der Waals surface area contributed by atoms with Crippen molar-refractivity contribution in [2.45, 2.75) is 19.5 Å². The molecule has 0 saturated carbocycles. The summed E-state index contributed by atoms with van der Waals surface area (Å²) in [4.78, 5) is 26.5. The predicted octanol–water partition coefficient (Wildman–Crippen LogP) is 4.80. The van der Waals surface area contributed by atoms with Crippen molar-refractivity contribution in [3.8, 4) is 0 Å². The molecule has 0 aliphatic heterocycles. The van der Waals surface area contributed by atoms with Crippen LogP contribution in [-0.2, 0) is 6.54 Å². The van der Waals surface area contributed by atoms with Crippen LogP contribution in [0.1, 0.15) is 44.8 Å². The van der Waals surface area contributed by atoms with Crippen LogP contribution in [0.3, 0.4) is 0 Å². The molecule has 1 atom stereocenters. The summed E-state index contributed by atoms with van der Waals surface area (Å²) in [5, 5.41) is 17.0. The number of aromatic amines is 1. The standard InChI is InChI=1S/C24H20FN3O3/c1-15(17-7-9-21(25)10-8-17)28(14-16-3-2-4-19(11-16)24(30)31)23(29)18-5-6-20-13-26-27-22(20)12-18/h2-13,15H,14H2,1H3,(H,26,27)(H,30,31). The number of H-pyrrole nitrogens is 1. The molecule has 0 spiro atoms. The first kappa shape index (κ1) is 20.3. The van der Waals surface area contributed by atoms with Gasteiger partial charge in [0.1, 0.15) is 5.82 Å². The van der Waals surface area contributed by atoms with Crippen LogP contribution in [-0.4, -0.2) is 32.1 Å². The molecule has 3 aromatic carbocycles. The maximum atomic E-state index is 13.5. The minimum absolute atomic E-state index is 0.151. The van der Waals surface area contributed by atoms with Crippen LogP contribution >= 0.6 is 0 Å². The number of aromatic nitrogens is 2. The van der Waals surface area contributed by atoms with Crippen molar-refractivity contribution in [1.82, 2.24) is 15.1 Å². The highest BCUT2D eigenvalue weighted by Gasteiger charge is 2.24. The summed E-state index contributed by atoms with van der Waals surface area (Å²) >= 11 is 0. The number of hydrogen-bond acceptors (Lipinski definition) is 3. The fourth-order valence-corrected chi connectivity index (χ4v) is 3.54. The third kappa shape index (κ3) is 4.30. The Morgan fingerprint density at radius 1 is 1.06 bits per heavy atom. The maximum absolute atomic E-state index is 13.5. The number of carbonyl (C=O) groups excluding carboxylic acids is 1. The van der Waals surface area contributed by atoms with Crippen molar-refractivity contribution >= 4 is 22.8 Å². The van der Waals surface area contributed by atoms with Crippen LogP contribution in [0.25, 0.3) is 10.9 Å². The number of hydrogen-bond donors (Lipinski definition) is 2. The molecule has 0 saturated heterocycles. The number of carboxylic acids is 1. The summed E-state index contributed by atoms with van der Waals surface area (Å²) in [6, 6.07) is 17.4. The van der Waals surface area contributed by atoms with Crippen LogP contribution in [0.5, 0.6) is 0 Å². The van der Waals surface area contributed by atoms with Gasteiger partial charge in [-0.25, -0.2) is 9.18 Å². The van der Waals surface area contributed by atoms with Gasteiger partial charge in [0.05, 0.1) is 23.3 Å². The lowest BCUT2D eigenvalue weighted by molar-refractivity contribution is 0.0674. The average molecular weight is 417 g/mol. The topological polar surface area (TPSA) is 86.3 Å². The molecule has 7 heteroatoms. The van der Waals surface area contributed by atoms with E-state index in [0.29, 0.717) is 11.1 Å². The van der Waals surface area contributed by atoms with Gasteiger partial charge < -0.3 is 10.0 Å². The Hall–Kier alpha value is -4.00. The van der Waals surface area contributed by atoms with E-state index in [2.05, 4.69) is 10.2 Å². The fraction of sp³-hybridized carbons (Fsp3) is 0.125. The van der Waals surface area contributed by atoms with Crippen molar-refractivity contribution in [2.75, 3.05) is 0 Å². The normalized spacial score (nSPS) is 11.9. The first-order chi connectivity index (χ1) is 14.9. The smallest absolute Gasteiger partial charge is 0.335 e. The maximum Gasteiger partial charge on any atom is 0.335 e. The molecule has 0 bridgehead atoms. The van der Waals surface area contributed by atoms with E-state index in [9.17, 15) is 19.1 Å². The van der Waals surface area contributed by atoms with Gasteiger partial charge >= 0.3 is 5.97 Å². The molecule has 0 aliphatic carbocycles. The molecule has 1 heterocycles. The van der Waals surface area contributed by atoms with Gasteiger partial charge in [-0.15, -0.1) is 0 Å². The molecule has 1 unspecified atom stereocenters. The number of nitrogens with zero attached hydrogens (tertiary/aromatic N) is 2. The fourth-order valence-electron chi connectivity index (χ4n) is 3.54. The summed E-state index contributed by atoms with van der Waals surface area (Å²) < 4.78 is 13.4. The molecule has 156 valence electrons. The molecule has 4 aromatic rings. The van der Waals surface area contributed by atoms with Gasteiger partial charge in [-0.2, -0.15) is 5.10 Å². The van der Waals surface area contributed by atoms with E-state index >= 15 is 0 Å². The van der Waals surface area contributed by atoms with Crippen molar-refractivity contribution < 1.29 is 19.1 Å². The number of halogens is 1. The van der Waals surface area contributed by atoms with Crippen LogP contribution in [0.2, 0.25) is 0 Å². The number of aromatic carboxylic acids is 1. The largest absolute Gasteiger partial charge is 0.478 e. The molecule has 0 fully saturated rings. The third-order valence-corrected chi connectivity index (χ3v) is 5.30. The second-order valence-electron chi connectivity index (χ2n) is 7.34. The molecule has 4 rings (SSSR count). The number of benzene rings is 3. The molecule has 2 N–H and O–H groups in total. The summed E-state index contributed by atoms with van der Waals surface area (Å²) in [7, 11) is 0. The zero-order chi connectivity index (χ0) is 22.0. The number of carboxylic acid groups (broad SMARTS) is 1. The molecule has 6 nitrogen and oxygen atoms in total. The first-order valence-electron chi connectivity index (χ1n) is 9.74. The molecular formula is C24H20FN3O3. The van der Waals surface area contributed by atoms with Gasteiger partial charge in [-0.3, -0.25) is 9.89 Å². The van der Waals surface area contributed by atoms with E-state index in [1.165, 1.54) is 18.2 Å². The number of amides is 1. The molecule has 1 amide bonds. The quantitative estimate of drug-likeness (QED) is 0.472. The lowest BCUT2D eigenvalue weighted by Crippen LogP contribution is -2.33. The summed E-state index contributed by atoms with van der Waals surface area (Å²) in [6.45, 7) is 2.06. The number of carbonyl (C=O) groups is 2. The highest BCUT2D eigenvalue weighted by Crippen LogP contribution is 2.26. The van der Waals surface area contributed by atoms with Crippen molar-refractivity contribution in [1.29, 1.82) is 0 Å². The van der Waals surface area contributed by atoms with Crippen LogP contribution in [0, 0.1) is 5.82 Å². The monoisotopic (exact) mass is 417 g/mol. The van der Waals surface area contributed by atoms with E-state index in [-0.39, 0.29) is 29.9 Å². The summed E-state index contributed by atoms with van der Waals surface area (Å²) in [6.07, 6.45) is 1.68. The molecule has 31 heavy (non-hydrogen) atoms. The number of nitrogens with one attached hydrogen (secondary N) is 1. The van der Waals surface area contributed by atoms with E-state index in [1.54, 1.807) is 53.6 Å². The second kappa shape index (κ2) is 8.39. The number of rotatable bonds is 6. The highest BCUT2D eigenvalue weighted by atomic mass is 19.1. The lowest BCUT2D eigenvalue weighted by atomic mass is 10.0. The van der Waals surface area contributed by atoms with Gasteiger partial charge in [0.25, 0.3) is 5.91 Å². The minimum Gasteiger partial charge on any atom is -0.478 e. The van der Waals surface area contributed by atoms with E-state index < -0.39 is 5.97 Å². The van der Waals surface area contributed by atoms with Crippen molar-refractivity contribution in [2.24, 2.45) is 0 Å². The minimum atomic E-state index is -1.03. The van der Waals surface area contributed by atoms with Gasteiger partial charge in [-0.1, -0.05) is 30.3 Å². The van der Waals surface area contributed by atoms with Crippen LogP contribution in [0.4, 0.5) is 4.39 Å². The van der Waals surface area contributed by atoms with Gasteiger partial charge in [0.2, 0.25) is 0 Å². The Morgan fingerprint density at radius 3 is 2.58 bits per heavy atom. The number of fused-ring (bicyclic) bond motifs is 1. The average Bonchev–Trinajstić information content (AvgIpc) is 3.25. The predicted molar refractivity (Wildman–Crippen MR) is 114 cm³/mol. The van der Waals surface area contributed by atoms with E-state index in [0.717, 1.165) is 16.5 Å². The Kier molecular flexibility index (Phi) is 5.49. The van der Waals surface area contributed by atoms with Crippen molar-refractivity contribution in [3.05, 3.63) is 101 Å². The molecule has 0 radical (unpaired) electrons. The lowest BCUT2D eigenvalue weighted by Gasteiger charge is -2.30. The Labute approximate surface area is 177 Å². The third-order valence-electron chi connectivity index (χ3n) is 5.30. The highest BCUT2D eigenvalue weighted by molar-refractivity contribution is 5.98.